The molecular formula is C16H20N4O3S2. The number of anilines is 1. The summed E-state index contributed by atoms with van der Waals surface area (Å²) in [6, 6.07) is 5.62. The Labute approximate surface area is 150 Å². The average molecular weight is 380 g/mol. The van der Waals surface area contributed by atoms with Gasteiger partial charge in [-0.05, 0) is 43.0 Å². The van der Waals surface area contributed by atoms with E-state index in [0.717, 1.165) is 31.1 Å². The standard InChI is InChI=1S/C16H20N4O3S2/c17-25(22,23)14-5-3-13(4-6-14)15(21)19-10-12-2-1-8-20(11-12)16-18-7-9-24-16/h3-7,9,12H,1-2,8,10-11H2,(H,19,21)(H2,17,22,23). The SMILES string of the molecule is NS(=O)(=O)c1ccc(C(=O)NCC2CCCN(c3nccs3)C2)cc1. The molecule has 1 atom stereocenters. The van der Waals surface area contributed by atoms with E-state index in [1.807, 2.05) is 5.38 Å². The molecule has 1 unspecified atom stereocenters. The van der Waals surface area contributed by atoms with E-state index in [2.05, 4.69) is 15.2 Å². The summed E-state index contributed by atoms with van der Waals surface area (Å²) in [6.07, 6.45) is 3.94. The third kappa shape index (κ3) is 4.56. The fraction of sp³-hybridized carbons (Fsp3) is 0.375. The van der Waals surface area contributed by atoms with Gasteiger partial charge in [-0.15, -0.1) is 11.3 Å². The topological polar surface area (TPSA) is 105 Å². The van der Waals surface area contributed by atoms with Gasteiger partial charge in [0.25, 0.3) is 5.91 Å². The summed E-state index contributed by atoms with van der Waals surface area (Å²) in [5, 5.41) is 11.0. The zero-order valence-corrected chi connectivity index (χ0v) is 15.2. The molecule has 0 radical (unpaired) electrons. The van der Waals surface area contributed by atoms with Crippen molar-refractivity contribution in [2.75, 3.05) is 24.5 Å². The number of aromatic nitrogens is 1. The van der Waals surface area contributed by atoms with Crippen molar-refractivity contribution in [3.8, 4) is 0 Å². The molecule has 1 amide bonds. The molecule has 1 aromatic carbocycles. The highest BCUT2D eigenvalue weighted by atomic mass is 32.2. The van der Waals surface area contributed by atoms with Crippen molar-refractivity contribution in [2.45, 2.75) is 17.7 Å². The maximum atomic E-state index is 12.2. The number of thiazole rings is 1. The van der Waals surface area contributed by atoms with E-state index in [4.69, 9.17) is 5.14 Å². The Balaban J connectivity index is 1.55. The second kappa shape index (κ2) is 7.51. The van der Waals surface area contributed by atoms with Gasteiger partial charge in [0.2, 0.25) is 10.0 Å². The normalized spacial score (nSPS) is 18.1. The Bertz CT molecular complexity index is 820. The summed E-state index contributed by atoms with van der Waals surface area (Å²) < 4.78 is 22.5. The van der Waals surface area contributed by atoms with E-state index in [0.29, 0.717) is 18.0 Å². The van der Waals surface area contributed by atoms with Gasteiger partial charge >= 0.3 is 0 Å². The van der Waals surface area contributed by atoms with Crippen LogP contribution in [0.5, 0.6) is 0 Å². The van der Waals surface area contributed by atoms with Gasteiger partial charge in [-0.25, -0.2) is 18.5 Å². The molecule has 9 heteroatoms. The summed E-state index contributed by atoms with van der Waals surface area (Å²) in [6.45, 7) is 2.45. The van der Waals surface area contributed by atoms with Crippen LogP contribution in [0.2, 0.25) is 0 Å². The molecule has 1 aliphatic heterocycles. The zero-order chi connectivity index (χ0) is 17.9. The maximum absolute atomic E-state index is 12.2. The predicted octanol–water partition coefficient (Wildman–Crippen LogP) is 1.44. The number of carbonyl (C=O) groups excluding carboxylic acids is 1. The Morgan fingerprint density at radius 3 is 2.76 bits per heavy atom. The van der Waals surface area contributed by atoms with Gasteiger partial charge in [0.15, 0.2) is 5.13 Å². The van der Waals surface area contributed by atoms with Crippen molar-refractivity contribution >= 4 is 32.4 Å². The van der Waals surface area contributed by atoms with Gasteiger partial charge in [-0.1, -0.05) is 0 Å². The fourth-order valence-electron chi connectivity index (χ4n) is 2.91. The minimum absolute atomic E-state index is 0.00424. The van der Waals surface area contributed by atoms with Crippen LogP contribution in [0, 0.1) is 5.92 Å². The molecule has 3 rings (SSSR count). The lowest BCUT2D eigenvalue weighted by molar-refractivity contribution is 0.0945. The van der Waals surface area contributed by atoms with Crippen molar-refractivity contribution in [2.24, 2.45) is 11.1 Å². The highest BCUT2D eigenvalue weighted by Crippen LogP contribution is 2.24. The Hall–Kier alpha value is -1.97. The second-order valence-corrected chi connectivity index (χ2v) is 8.48. The van der Waals surface area contributed by atoms with Crippen LogP contribution < -0.4 is 15.4 Å². The van der Waals surface area contributed by atoms with Crippen LogP contribution in [0.25, 0.3) is 0 Å². The lowest BCUT2D eigenvalue weighted by Crippen LogP contribution is -2.41. The first-order chi connectivity index (χ1) is 11.9. The summed E-state index contributed by atoms with van der Waals surface area (Å²) in [4.78, 5) is 18.8. The average Bonchev–Trinajstić information content (AvgIpc) is 3.14. The number of nitrogens with zero attached hydrogens (tertiary/aromatic N) is 2. The molecule has 0 spiro atoms. The number of rotatable bonds is 5. The number of piperidine rings is 1. The van der Waals surface area contributed by atoms with Gasteiger partial charge in [-0.3, -0.25) is 4.79 Å². The number of sulfonamides is 1. The van der Waals surface area contributed by atoms with E-state index < -0.39 is 10.0 Å². The van der Waals surface area contributed by atoms with Crippen LogP contribution in [0.3, 0.4) is 0 Å². The Morgan fingerprint density at radius 2 is 2.12 bits per heavy atom. The summed E-state index contributed by atoms with van der Waals surface area (Å²) in [5.41, 5.74) is 0.417. The maximum Gasteiger partial charge on any atom is 0.251 e. The number of nitrogens with one attached hydrogen (secondary N) is 1. The van der Waals surface area contributed by atoms with Crippen LogP contribution in [0.1, 0.15) is 23.2 Å². The largest absolute Gasteiger partial charge is 0.352 e. The summed E-state index contributed by atoms with van der Waals surface area (Å²) in [7, 11) is -3.74. The quantitative estimate of drug-likeness (QED) is 0.816. The van der Waals surface area contributed by atoms with Crippen LogP contribution in [-0.4, -0.2) is 38.9 Å². The molecule has 1 aliphatic rings. The number of benzene rings is 1. The summed E-state index contributed by atoms with van der Waals surface area (Å²) in [5.74, 6) is 0.151. The number of amides is 1. The molecule has 25 heavy (non-hydrogen) atoms. The molecule has 1 aromatic heterocycles. The van der Waals surface area contributed by atoms with Crippen LogP contribution >= 0.6 is 11.3 Å². The highest BCUT2D eigenvalue weighted by Gasteiger charge is 2.22. The lowest BCUT2D eigenvalue weighted by atomic mass is 9.98. The van der Waals surface area contributed by atoms with Crippen molar-refractivity contribution in [3.63, 3.8) is 0 Å². The van der Waals surface area contributed by atoms with Gasteiger partial charge in [0, 0.05) is 36.8 Å². The predicted molar refractivity (Wildman–Crippen MR) is 97.2 cm³/mol. The van der Waals surface area contributed by atoms with E-state index in [1.54, 1.807) is 17.5 Å². The molecule has 3 N–H and O–H groups in total. The minimum Gasteiger partial charge on any atom is -0.352 e. The molecule has 0 saturated carbocycles. The molecule has 2 heterocycles. The molecule has 1 fully saturated rings. The van der Waals surface area contributed by atoms with Gasteiger partial charge in [0.1, 0.15) is 0 Å². The molecule has 1 saturated heterocycles. The van der Waals surface area contributed by atoms with Crippen LogP contribution in [0.15, 0.2) is 40.7 Å². The highest BCUT2D eigenvalue weighted by molar-refractivity contribution is 7.89. The van der Waals surface area contributed by atoms with Crippen molar-refractivity contribution in [1.29, 1.82) is 0 Å². The number of primary sulfonamides is 1. The minimum atomic E-state index is -3.74. The van der Waals surface area contributed by atoms with Gasteiger partial charge in [0.05, 0.1) is 4.90 Å². The number of carbonyl (C=O) groups is 1. The summed E-state index contributed by atoms with van der Waals surface area (Å²) >= 11 is 1.62. The first-order valence-corrected chi connectivity index (χ1v) is 10.4. The van der Waals surface area contributed by atoms with Crippen molar-refractivity contribution in [1.82, 2.24) is 10.3 Å². The lowest BCUT2D eigenvalue weighted by Gasteiger charge is -2.32. The monoisotopic (exact) mass is 380 g/mol. The fourth-order valence-corrected chi connectivity index (χ4v) is 4.11. The third-order valence-electron chi connectivity index (χ3n) is 4.21. The van der Waals surface area contributed by atoms with E-state index >= 15 is 0 Å². The molecule has 134 valence electrons. The van der Waals surface area contributed by atoms with E-state index in [1.165, 1.54) is 24.3 Å². The van der Waals surface area contributed by atoms with Gasteiger partial charge in [-0.2, -0.15) is 0 Å². The number of nitrogens with two attached hydrogens (primary N) is 1. The first kappa shape index (κ1) is 17.8. The van der Waals surface area contributed by atoms with Crippen LogP contribution in [-0.2, 0) is 10.0 Å². The first-order valence-electron chi connectivity index (χ1n) is 7.99. The van der Waals surface area contributed by atoms with E-state index in [9.17, 15) is 13.2 Å². The Morgan fingerprint density at radius 1 is 1.36 bits per heavy atom. The van der Waals surface area contributed by atoms with Crippen molar-refractivity contribution in [3.05, 3.63) is 41.4 Å². The molecule has 7 nitrogen and oxygen atoms in total. The molecule has 0 bridgehead atoms. The molecule has 0 aliphatic carbocycles. The van der Waals surface area contributed by atoms with Gasteiger partial charge < -0.3 is 10.2 Å². The molecule has 2 aromatic rings. The van der Waals surface area contributed by atoms with Crippen LogP contribution in [0.4, 0.5) is 5.13 Å². The smallest absolute Gasteiger partial charge is 0.251 e. The Kier molecular flexibility index (Phi) is 5.36. The second-order valence-electron chi connectivity index (χ2n) is 6.05. The van der Waals surface area contributed by atoms with E-state index in [-0.39, 0.29) is 10.8 Å². The molecular weight excluding hydrogens is 360 g/mol. The number of hydrogen-bond donors (Lipinski definition) is 2. The third-order valence-corrected chi connectivity index (χ3v) is 5.97. The number of hydrogen-bond acceptors (Lipinski definition) is 6. The zero-order valence-electron chi connectivity index (χ0n) is 13.6. The van der Waals surface area contributed by atoms with Crippen molar-refractivity contribution < 1.29 is 13.2 Å².